The molecule has 1 heterocycles. The minimum Gasteiger partial charge on any atom is -0.491 e. The summed E-state index contributed by atoms with van der Waals surface area (Å²) in [6.07, 6.45) is 0.767. The monoisotopic (exact) mass is 365 g/mol. The molecule has 27 heavy (non-hydrogen) atoms. The van der Waals surface area contributed by atoms with E-state index in [1.54, 1.807) is 0 Å². The SMILES string of the molecule is Cc1ccc(-c2noc(CCC(=O)Nc3ccc(OC(C)C)cc3)n2)cc1. The molecule has 0 atom stereocenters. The van der Waals surface area contributed by atoms with Gasteiger partial charge in [-0.1, -0.05) is 35.0 Å². The molecule has 1 N–H and O–H groups in total. The number of aryl methyl sites for hydroxylation is 2. The number of aromatic nitrogens is 2. The summed E-state index contributed by atoms with van der Waals surface area (Å²) in [5.74, 6) is 1.65. The third-order valence-corrected chi connectivity index (χ3v) is 3.85. The summed E-state index contributed by atoms with van der Waals surface area (Å²) in [7, 11) is 0. The number of benzene rings is 2. The first kappa shape index (κ1) is 18.6. The zero-order chi connectivity index (χ0) is 19.2. The Morgan fingerprint density at radius 3 is 2.48 bits per heavy atom. The van der Waals surface area contributed by atoms with Crippen molar-refractivity contribution in [1.82, 2.24) is 10.1 Å². The maximum Gasteiger partial charge on any atom is 0.227 e. The first-order chi connectivity index (χ1) is 13.0. The number of hydrogen-bond acceptors (Lipinski definition) is 5. The molecule has 140 valence electrons. The van der Waals surface area contributed by atoms with Crippen molar-refractivity contribution in [3.63, 3.8) is 0 Å². The van der Waals surface area contributed by atoms with Crippen molar-refractivity contribution in [3.05, 3.63) is 60.0 Å². The van der Waals surface area contributed by atoms with Gasteiger partial charge in [0.2, 0.25) is 17.6 Å². The van der Waals surface area contributed by atoms with Crippen LogP contribution in [0.5, 0.6) is 5.75 Å². The highest BCUT2D eigenvalue weighted by atomic mass is 16.5. The van der Waals surface area contributed by atoms with E-state index in [-0.39, 0.29) is 18.4 Å². The average Bonchev–Trinajstić information content (AvgIpc) is 3.11. The second-order valence-corrected chi connectivity index (χ2v) is 6.62. The van der Waals surface area contributed by atoms with E-state index in [2.05, 4.69) is 15.5 Å². The maximum atomic E-state index is 12.1. The van der Waals surface area contributed by atoms with Crippen LogP contribution in [0.2, 0.25) is 0 Å². The predicted octanol–water partition coefficient (Wildman–Crippen LogP) is 4.40. The molecule has 6 nitrogen and oxygen atoms in total. The molecular formula is C21H23N3O3. The highest BCUT2D eigenvalue weighted by Gasteiger charge is 2.11. The van der Waals surface area contributed by atoms with Crippen LogP contribution in [0.3, 0.4) is 0 Å². The molecule has 0 saturated heterocycles. The van der Waals surface area contributed by atoms with Gasteiger partial charge in [0.1, 0.15) is 5.75 Å². The van der Waals surface area contributed by atoms with Gasteiger partial charge in [-0.2, -0.15) is 4.98 Å². The van der Waals surface area contributed by atoms with Gasteiger partial charge in [-0.3, -0.25) is 4.79 Å². The van der Waals surface area contributed by atoms with E-state index >= 15 is 0 Å². The van der Waals surface area contributed by atoms with Crippen LogP contribution in [-0.4, -0.2) is 22.2 Å². The molecule has 0 radical (unpaired) electrons. The molecule has 6 heteroatoms. The quantitative estimate of drug-likeness (QED) is 0.671. The lowest BCUT2D eigenvalue weighted by Crippen LogP contribution is -2.12. The van der Waals surface area contributed by atoms with Crippen molar-refractivity contribution in [2.75, 3.05) is 5.32 Å². The Bertz CT molecular complexity index is 884. The van der Waals surface area contributed by atoms with E-state index in [1.807, 2.05) is 69.3 Å². The fraction of sp³-hybridized carbons (Fsp3) is 0.286. The highest BCUT2D eigenvalue weighted by Crippen LogP contribution is 2.18. The molecule has 3 aromatic rings. The number of carbonyl (C=O) groups excluding carboxylic acids is 1. The number of nitrogens with zero attached hydrogens (tertiary/aromatic N) is 2. The van der Waals surface area contributed by atoms with Gasteiger partial charge in [-0.25, -0.2) is 0 Å². The van der Waals surface area contributed by atoms with E-state index in [9.17, 15) is 4.79 Å². The minimum atomic E-state index is -0.109. The zero-order valence-corrected chi connectivity index (χ0v) is 15.7. The van der Waals surface area contributed by atoms with E-state index < -0.39 is 0 Å². The summed E-state index contributed by atoms with van der Waals surface area (Å²) in [6.45, 7) is 5.96. The molecule has 1 amide bonds. The van der Waals surface area contributed by atoms with E-state index in [4.69, 9.17) is 9.26 Å². The Kier molecular flexibility index (Phi) is 5.86. The van der Waals surface area contributed by atoms with Crippen LogP contribution in [0.15, 0.2) is 53.1 Å². The number of nitrogens with one attached hydrogen (secondary N) is 1. The topological polar surface area (TPSA) is 77.2 Å². The predicted molar refractivity (Wildman–Crippen MR) is 104 cm³/mol. The lowest BCUT2D eigenvalue weighted by Gasteiger charge is -2.10. The average molecular weight is 365 g/mol. The minimum absolute atomic E-state index is 0.109. The second-order valence-electron chi connectivity index (χ2n) is 6.62. The first-order valence-electron chi connectivity index (χ1n) is 8.96. The van der Waals surface area contributed by atoms with E-state index in [1.165, 1.54) is 5.56 Å². The molecule has 0 fully saturated rings. The third kappa shape index (κ3) is 5.41. The molecule has 1 aromatic heterocycles. The first-order valence-corrected chi connectivity index (χ1v) is 8.96. The Labute approximate surface area is 158 Å². The molecule has 2 aromatic carbocycles. The van der Waals surface area contributed by atoms with Crippen molar-refractivity contribution in [3.8, 4) is 17.1 Å². The lowest BCUT2D eigenvalue weighted by molar-refractivity contribution is -0.116. The van der Waals surface area contributed by atoms with Crippen molar-refractivity contribution >= 4 is 11.6 Å². The fourth-order valence-corrected chi connectivity index (χ4v) is 2.51. The summed E-state index contributed by atoms with van der Waals surface area (Å²) in [4.78, 5) is 16.5. The molecule has 0 saturated carbocycles. The van der Waals surface area contributed by atoms with Gasteiger partial charge in [0, 0.05) is 24.1 Å². The number of rotatable bonds is 7. The molecule has 0 unspecified atom stereocenters. The third-order valence-electron chi connectivity index (χ3n) is 3.85. The van der Waals surface area contributed by atoms with E-state index in [0.29, 0.717) is 18.1 Å². The molecule has 0 bridgehead atoms. The van der Waals surface area contributed by atoms with Crippen LogP contribution in [0.4, 0.5) is 5.69 Å². The molecular weight excluding hydrogens is 342 g/mol. The number of ether oxygens (including phenoxy) is 1. The van der Waals surface area contributed by atoms with Crippen molar-refractivity contribution in [1.29, 1.82) is 0 Å². The van der Waals surface area contributed by atoms with Crippen molar-refractivity contribution < 1.29 is 14.1 Å². The standard InChI is InChI=1S/C21H23N3O3/c1-14(2)26-18-10-8-17(9-11-18)22-19(25)12-13-20-23-21(24-27-20)16-6-4-15(3)5-7-16/h4-11,14H,12-13H2,1-3H3,(H,22,25). The van der Waals surface area contributed by atoms with Gasteiger partial charge in [0.05, 0.1) is 6.10 Å². The number of anilines is 1. The molecule has 0 aliphatic rings. The summed E-state index contributed by atoms with van der Waals surface area (Å²) in [6, 6.07) is 15.2. The fourth-order valence-electron chi connectivity index (χ4n) is 2.51. The largest absolute Gasteiger partial charge is 0.491 e. The van der Waals surface area contributed by atoms with E-state index in [0.717, 1.165) is 17.0 Å². The van der Waals surface area contributed by atoms with Gasteiger partial charge in [0.25, 0.3) is 0 Å². The Balaban J connectivity index is 1.51. The number of amides is 1. The van der Waals surface area contributed by atoms with Gasteiger partial charge < -0.3 is 14.6 Å². The van der Waals surface area contributed by atoms with Gasteiger partial charge in [-0.15, -0.1) is 0 Å². The number of hydrogen-bond donors (Lipinski definition) is 1. The second kappa shape index (κ2) is 8.49. The van der Waals surface area contributed by atoms with Crippen LogP contribution in [0.1, 0.15) is 31.7 Å². The van der Waals surface area contributed by atoms with Crippen LogP contribution >= 0.6 is 0 Å². The number of carbonyl (C=O) groups is 1. The molecule has 3 rings (SSSR count). The summed E-state index contributed by atoms with van der Waals surface area (Å²) >= 11 is 0. The van der Waals surface area contributed by atoms with Gasteiger partial charge >= 0.3 is 0 Å². The Hall–Kier alpha value is -3.15. The van der Waals surface area contributed by atoms with Crippen molar-refractivity contribution in [2.24, 2.45) is 0 Å². The Morgan fingerprint density at radius 2 is 1.81 bits per heavy atom. The zero-order valence-electron chi connectivity index (χ0n) is 15.7. The van der Waals surface area contributed by atoms with Crippen LogP contribution in [0.25, 0.3) is 11.4 Å². The summed E-state index contributed by atoms with van der Waals surface area (Å²) in [5, 5.41) is 6.83. The normalized spacial score (nSPS) is 10.8. The summed E-state index contributed by atoms with van der Waals surface area (Å²) < 4.78 is 10.8. The molecule has 0 spiro atoms. The van der Waals surface area contributed by atoms with Gasteiger partial charge in [0.15, 0.2) is 0 Å². The van der Waals surface area contributed by atoms with Crippen LogP contribution < -0.4 is 10.1 Å². The molecule has 0 aliphatic heterocycles. The van der Waals surface area contributed by atoms with Gasteiger partial charge in [-0.05, 0) is 45.0 Å². The lowest BCUT2D eigenvalue weighted by atomic mass is 10.1. The maximum absolute atomic E-state index is 12.1. The smallest absolute Gasteiger partial charge is 0.227 e. The highest BCUT2D eigenvalue weighted by molar-refractivity contribution is 5.90. The van der Waals surface area contributed by atoms with Crippen LogP contribution in [-0.2, 0) is 11.2 Å². The molecule has 0 aliphatic carbocycles. The Morgan fingerprint density at radius 1 is 1.11 bits per heavy atom. The summed E-state index contributed by atoms with van der Waals surface area (Å²) in [5.41, 5.74) is 2.79. The van der Waals surface area contributed by atoms with Crippen LogP contribution in [0, 0.1) is 6.92 Å². The van der Waals surface area contributed by atoms with Crippen molar-refractivity contribution in [2.45, 2.75) is 39.7 Å².